The molecule has 4 aliphatic carbocycles. The Balaban J connectivity index is 1.52. The molecule has 184 valence electrons. The Labute approximate surface area is 195 Å². The summed E-state index contributed by atoms with van der Waals surface area (Å²) in [5, 5.41) is 23.6. The summed E-state index contributed by atoms with van der Waals surface area (Å²) in [5.74, 6) is 3.01. The van der Waals surface area contributed by atoms with Gasteiger partial charge in [-0.25, -0.2) is 0 Å². The molecule has 4 fully saturated rings. The molecule has 0 radical (unpaired) electrons. The molecule has 4 saturated carbocycles. The molecule has 0 bridgehead atoms. The number of ether oxygens (including phenoxy) is 1. The highest BCUT2D eigenvalue weighted by molar-refractivity contribution is 5.66. The Kier molecular flexibility index (Phi) is 6.55. The first-order valence-electron chi connectivity index (χ1n) is 13.5. The third kappa shape index (κ3) is 4.06. The minimum atomic E-state index is -0.913. The third-order valence-corrected chi connectivity index (χ3v) is 10.7. The largest absolute Gasteiger partial charge is 0.462 e. The second-order valence-corrected chi connectivity index (χ2v) is 13.2. The Morgan fingerprint density at radius 3 is 2.41 bits per heavy atom. The summed E-state index contributed by atoms with van der Waals surface area (Å²) < 4.78 is 5.51. The zero-order valence-electron chi connectivity index (χ0n) is 21.4. The fourth-order valence-electron chi connectivity index (χ4n) is 9.42. The lowest BCUT2D eigenvalue weighted by Crippen LogP contribution is -2.62. The Morgan fingerprint density at radius 1 is 1.03 bits per heavy atom. The van der Waals surface area contributed by atoms with Gasteiger partial charge >= 0.3 is 5.97 Å². The molecule has 0 heterocycles. The van der Waals surface area contributed by atoms with Crippen LogP contribution in [0, 0.1) is 46.8 Å². The van der Waals surface area contributed by atoms with Crippen molar-refractivity contribution in [2.24, 2.45) is 46.8 Å². The van der Waals surface area contributed by atoms with E-state index in [9.17, 15) is 15.0 Å². The average molecular weight is 449 g/mol. The predicted molar refractivity (Wildman–Crippen MR) is 127 cm³/mol. The number of rotatable bonds is 6. The normalized spacial score (nSPS) is 48.8. The monoisotopic (exact) mass is 448 g/mol. The highest BCUT2D eigenvalue weighted by atomic mass is 16.5. The van der Waals surface area contributed by atoms with Crippen LogP contribution in [0.5, 0.6) is 0 Å². The van der Waals surface area contributed by atoms with Gasteiger partial charge in [0.2, 0.25) is 0 Å². The number of carbonyl (C=O) groups excluding carboxylic acids is 1. The van der Waals surface area contributed by atoms with Crippen LogP contribution in [0.4, 0.5) is 0 Å². The predicted octanol–water partition coefficient (Wildman–Crippen LogP) is 5.74. The van der Waals surface area contributed by atoms with Crippen LogP contribution in [0.3, 0.4) is 0 Å². The van der Waals surface area contributed by atoms with Gasteiger partial charge in [-0.1, -0.05) is 47.0 Å². The molecule has 4 nitrogen and oxygen atoms in total. The lowest BCUT2D eigenvalue weighted by atomic mass is 9.47. The van der Waals surface area contributed by atoms with Gasteiger partial charge < -0.3 is 14.9 Å². The summed E-state index contributed by atoms with van der Waals surface area (Å²) in [6, 6.07) is 0. The molecule has 0 spiro atoms. The molecule has 4 heteroatoms. The molecule has 0 saturated heterocycles. The number of carbonyl (C=O) groups is 1. The van der Waals surface area contributed by atoms with Crippen LogP contribution < -0.4 is 0 Å². The Morgan fingerprint density at radius 2 is 1.75 bits per heavy atom. The van der Waals surface area contributed by atoms with Crippen LogP contribution in [0.15, 0.2) is 0 Å². The van der Waals surface area contributed by atoms with Crippen molar-refractivity contribution in [1.82, 2.24) is 0 Å². The molecule has 32 heavy (non-hydrogen) atoms. The van der Waals surface area contributed by atoms with Gasteiger partial charge in [0.25, 0.3) is 0 Å². The van der Waals surface area contributed by atoms with E-state index in [0.29, 0.717) is 30.1 Å². The number of fused-ring (bicyclic) bond motifs is 4. The molecule has 0 aromatic heterocycles. The van der Waals surface area contributed by atoms with E-state index in [2.05, 4.69) is 27.7 Å². The average Bonchev–Trinajstić information content (AvgIpc) is 3.18. The summed E-state index contributed by atoms with van der Waals surface area (Å²) in [6.07, 6.45) is 10.3. The summed E-state index contributed by atoms with van der Waals surface area (Å²) in [6.45, 7) is 13.1. The van der Waals surface area contributed by atoms with Gasteiger partial charge in [-0.2, -0.15) is 0 Å². The van der Waals surface area contributed by atoms with E-state index >= 15 is 0 Å². The fourth-order valence-corrected chi connectivity index (χ4v) is 9.42. The smallest absolute Gasteiger partial charge is 0.302 e. The zero-order valence-corrected chi connectivity index (χ0v) is 21.4. The quantitative estimate of drug-likeness (QED) is 0.509. The van der Waals surface area contributed by atoms with Crippen LogP contribution >= 0.6 is 0 Å². The van der Waals surface area contributed by atoms with Crippen molar-refractivity contribution in [3.05, 3.63) is 0 Å². The maximum absolute atomic E-state index is 11.8. The van der Waals surface area contributed by atoms with E-state index in [0.717, 1.165) is 30.6 Å². The Hall–Kier alpha value is -0.610. The van der Waals surface area contributed by atoms with Crippen molar-refractivity contribution < 1.29 is 19.7 Å². The van der Waals surface area contributed by atoms with Gasteiger partial charge in [0.15, 0.2) is 0 Å². The third-order valence-electron chi connectivity index (χ3n) is 10.7. The van der Waals surface area contributed by atoms with Crippen LogP contribution in [0.25, 0.3) is 0 Å². The van der Waals surface area contributed by atoms with Crippen molar-refractivity contribution in [3.63, 3.8) is 0 Å². The van der Waals surface area contributed by atoms with E-state index in [1.165, 1.54) is 45.4 Å². The summed E-state index contributed by atoms with van der Waals surface area (Å²) in [5.41, 5.74) is -1.48. The highest BCUT2D eigenvalue weighted by Crippen LogP contribution is 2.68. The minimum absolute atomic E-state index is 0.197. The molecule has 0 amide bonds. The molecule has 4 rings (SSSR count). The summed E-state index contributed by atoms with van der Waals surface area (Å²) >= 11 is 0. The van der Waals surface area contributed by atoms with E-state index < -0.39 is 11.2 Å². The van der Waals surface area contributed by atoms with Crippen LogP contribution in [0.1, 0.15) is 106 Å². The molecule has 0 unspecified atom stereocenters. The standard InChI is InChI=1S/C28H48O4/c1-17(2)8-7-9-18(3)22-10-11-23-21-16-28(31)15-20(32-19(4)29)14-25(28)27(6,30)24(21)12-13-26(22,23)5/h17-18,20-25,30-31H,7-16H2,1-6H3/t18-,20+,21+,22-,23+,24+,25+,26-,27+,28-/m1/s1. The number of hydrogen-bond acceptors (Lipinski definition) is 4. The molecule has 0 aromatic carbocycles. The molecule has 2 N–H and O–H groups in total. The van der Waals surface area contributed by atoms with Gasteiger partial charge in [-0.3, -0.25) is 4.79 Å². The minimum Gasteiger partial charge on any atom is -0.462 e. The summed E-state index contributed by atoms with van der Waals surface area (Å²) in [7, 11) is 0. The molecule has 0 aromatic rings. The van der Waals surface area contributed by atoms with Crippen LogP contribution in [-0.4, -0.2) is 33.5 Å². The van der Waals surface area contributed by atoms with Crippen molar-refractivity contribution in [2.75, 3.05) is 0 Å². The molecule has 4 aliphatic rings. The van der Waals surface area contributed by atoms with Crippen LogP contribution in [-0.2, 0) is 9.53 Å². The first-order chi connectivity index (χ1) is 14.9. The van der Waals surface area contributed by atoms with Gasteiger partial charge in [0.1, 0.15) is 6.10 Å². The van der Waals surface area contributed by atoms with Crippen molar-refractivity contribution in [2.45, 2.75) is 123 Å². The van der Waals surface area contributed by atoms with Gasteiger partial charge in [-0.15, -0.1) is 0 Å². The van der Waals surface area contributed by atoms with Crippen LogP contribution in [0.2, 0.25) is 0 Å². The Bertz CT molecular complexity index is 702. The van der Waals surface area contributed by atoms with Gasteiger partial charge in [0.05, 0.1) is 11.2 Å². The molecule has 0 aliphatic heterocycles. The lowest BCUT2D eigenvalue weighted by Gasteiger charge is -2.60. The van der Waals surface area contributed by atoms with Crippen molar-refractivity contribution >= 4 is 5.97 Å². The number of aliphatic hydroxyl groups is 2. The van der Waals surface area contributed by atoms with E-state index in [-0.39, 0.29) is 23.9 Å². The molecule has 10 atom stereocenters. The first-order valence-corrected chi connectivity index (χ1v) is 13.5. The second kappa shape index (κ2) is 8.56. The SMILES string of the molecule is CC(=O)O[C@H]1C[C@@H]2[C@@](O)(C1)C[C@@H]1[C@H](CC[C@]3(C)[C@@H]([C@H](C)CCCC(C)C)CC[C@@H]13)[C@]2(C)O. The topological polar surface area (TPSA) is 66.8 Å². The highest BCUT2D eigenvalue weighted by Gasteiger charge is 2.67. The maximum Gasteiger partial charge on any atom is 0.302 e. The second-order valence-electron chi connectivity index (χ2n) is 13.2. The maximum atomic E-state index is 11.8. The zero-order chi connectivity index (χ0) is 23.5. The lowest BCUT2D eigenvalue weighted by molar-refractivity contribution is -0.216. The first kappa shape index (κ1) is 24.5. The number of hydrogen-bond donors (Lipinski definition) is 2. The fraction of sp³-hybridized carbons (Fsp3) is 0.964. The van der Waals surface area contributed by atoms with Gasteiger partial charge in [0, 0.05) is 19.3 Å². The summed E-state index contributed by atoms with van der Waals surface area (Å²) in [4.78, 5) is 11.6. The molecular formula is C28H48O4. The van der Waals surface area contributed by atoms with Crippen molar-refractivity contribution in [1.29, 1.82) is 0 Å². The van der Waals surface area contributed by atoms with E-state index in [4.69, 9.17) is 4.74 Å². The molecular weight excluding hydrogens is 400 g/mol. The van der Waals surface area contributed by atoms with Crippen molar-refractivity contribution in [3.8, 4) is 0 Å². The van der Waals surface area contributed by atoms with E-state index in [1.54, 1.807) is 0 Å². The van der Waals surface area contributed by atoms with E-state index in [1.807, 2.05) is 6.92 Å². The van der Waals surface area contributed by atoms with Gasteiger partial charge in [-0.05, 0) is 86.4 Å². The number of esters is 1.